The summed E-state index contributed by atoms with van der Waals surface area (Å²) in [6.45, 7) is 4.45. The molecule has 2 aliphatic rings. The van der Waals surface area contributed by atoms with E-state index in [1.54, 1.807) is 11.8 Å². The van der Waals surface area contributed by atoms with E-state index in [4.69, 9.17) is 9.84 Å². The maximum absolute atomic E-state index is 12.0. The Kier molecular flexibility index (Phi) is 4.63. The van der Waals surface area contributed by atoms with Gasteiger partial charge in [-0.1, -0.05) is 0 Å². The Morgan fingerprint density at radius 3 is 2.79 bits per heavy atom. The highest BCUT2D eigenvalue weighted by molar-refractivity contribution is 5.78. The zero-order valence-corrected chi connectivity index (χ0v) is 11.3. The molecule has 2 saturated heterocycles. The highest BCUT2D eigenvalue weighted by atomic mass is 16.5. The van der Waals surface area contributed by atoms with Gasteiger partial charge >= 0.3 is 12.0 Å². The zero-order valence-electron chi connectivity index (χ0n) is 11.3. The van der Waals surface area contributed by atoms with Gasteiger partial charge < -0.3 is 20.1 Å². The molecule has 3 atom stereocenters. The highest BCUT2D eigenvalue weighted by Crippen LogP contribution is 2.24. The van der Waals surface area contributed by atoms with E-state index in [0.717, 1.165) is 19.4 Å². The minimum atomic E-state index is -0.816. The normalized spacial score (nSPS) is 31.2. The number of carboxylic acids is 1. The van der Waals surface area contributed by atoms with Crippen LogP contribution in [0, 0.1) is 11.8 Å². The van der Waals surface area contributed by atoms with Gasteiger partial charge in [0.25, 0.3) is 0 Å². The molecule has 2 amide bonds. The summed E-state index contributed by atoms with van der Waals surface area (Å²) in [5.74, 6) is -0.877. The van der Waals surface area contributed by atoms with E-state index in [0.29, 0.717) is 32.0 Å². The van der Waals surface area contributed by atoms with Crippen molar-refractivity contribution < 1.29 is 19.4 Å². The minimum Gasteiger partial charge on any atom is -0.481 e. The Labute approximate surface area is 113 Å². The van der Waals surface area contributed by atoms with E-state index < -0.39 is 11.9 Å². The first kappa shape index (κ1) is 14.1. The van der Waals surface area contributed by atoms with Crippen molar-refractivity contribution in [2.45, 2.75) is 32.2 Å². The van der Waals surface area contributed by atoms with Crippen molar-refractivity contribution in [2.75, 3.05) is 26.3 Å². The van der Waals surface area contributed by atoms with Crippen LogP contribution in [0.15, 0.2) is 0 Å². The van der Waals surface area contributed by atoms with Gasteiger partial charge in [-0.2, -0.15) is 0 Å². The quantitative estimate of drug-likeness (QED) is 0.799. The number of nitrogens with zero attached hydrogens (tertiary/aromatic N) is 1. The van der Waals surface area contributed by atoms with Gasteiger partial charge in [-0.3, -0.25) is 4.79 Å². The number of hydrogen-bond donors (Lipinski definition) is 2. The van der Waals surface area contributed by atoms with Crippen molar-refractivity contribution in [3.8, 4) is 0 Å². The summed E-state index contributed by atoms with van der Waals surface area (Å²) in [7, 11) is 0. The van der Waals surface area contributed by atoms with E-state index in [1.807, 2.05) is 0 Å². The van der Waals surface area contributed by atoms with Gasteiger partial charge in [0.15, 0.2) is 0 Å². The molecule has 0 radical (unpaired) electrons. The second-order valence-electron chi connectivity index (χ2n) is 5.44. The third kappa shape index (κ3) is 3.37. The van der Waals surface area contributed by atoms with Crippen molar-refractivity contribution in [3.63, 3.8) is 0 Å². The van der Waals surface area contributed by atoms with Crippen LogP contribution in [0.4, 0.5) is 4.79 Å². The van der Waals surface area contributed by atoms with Gasteiger partial charge in [0.05, 0.1) is 12.5 Å². The third-order valence-corrected chi connectivity index (χ3v) is 4.13. The molecule has 108 valence electrons. The molecule has 6 heteroatoms. The van der Waals surface area contributed by atoms with E-state index in [1.165, 1.54) is 0 Å². The van der Waals surface area contributed by atoms with Crippen LogP contribution in [0.2, 0.25) is 0 Å². The summed E-state index contributed by atoms with van der Waals surface area (Å²) in [5.41, 5.74) is 0. The fourth-order valence-electron chi connectivity index (χ4n) is 2.86. The maximum atomic E-state index is 12.0. The molecule has 3 unspecified atom stereocenters. The number of ether oxygens (including phenoxy) is 1. The smallest absolute Gasteiger partial charge is 0.317 e. The highest BCUT2D eigenvalue weighted by Gasteiger charge is 2.38. The summed E-state index contributed by atoms with van der Waals surface area (Å²) in [5, 5.41) is 11.9. The molecular formula is C13H22N2O4. The lowest BCUT2D eigenvalue weighted by Crippen LogP contribution is -2.45. The summed E-state index contributed by atoms with van der Waals surface area (Å²) in [6, 6.07) is -0.387. The van der Waals surface area contributed by atoms with Crippen LogP contribution >= 0.6 is 0 Å². The largest absolute Gasteiger partial charge is 0.481 e. The van der Waals surface area contributed by atoms with Crippen LogP contribution < -0.4 is 5.32 Å². The zero-order chi connectivity index (χ0) is 13.8. The average molecular weight is 270 g/mol. The minimum absolute atomic E-state index is 0.151. The van der Waals surface area contributed by atoms with Gasteiger partial charge in [0.2, 0.25) is 0 Å². The van der Waals surface area contributed by atoms with Crippen LogP contribution in [0.5, 0.6) is 0 Å². The van der Waals surface area contributed by atoms with E-state index >= 15 is 0 Å². The van der Waals surface area contributed by atoms with Crippen LogP contribution in [-0.4, -0.2) is 54.4 Å². The number of likely N-dealkylation sites (tertiary alicyclic amines) is 1. The third-order valence-electron chi connectivity index (χ3n) is 4.13. The van der Waals surface area contributed by atoms with E-state index in [-0.39, 0.29) is 12.1 Å². The SMILES string of the molecule is CC1C(C(=O)O)CCN1C(=O)NCC1CCCOC1. The fraction of sp³-hybridized carbons (Fsp3) is 0.846. The average Bonchev–Trinajstić information content (AvgIpc) is 2.79. The lowest BCUT2D eigenvalue weighted by atomic mass is 10.0. The molecular weight excluding hydrogens is 248 g/mol. The predicted octanol–water partition coefficient (Wildman–Crippen LogP) is 0.918. The van der Waals surface area contributed by atoms with Crippen LogP contribution in [0.3, 0.4) is 0 Å². The summed E-state index contributed by atoms with van der Waals surface area (Å²) >= 11 is 0. The number of nitrogens with one attached hydrogen (secondary N) is 1. The Morgan fingerprint density at radius 2 is 2.21 bits per heavy atom. The summed E-state index contributed by atoms with van der Waals surface area (Å²) in [4.78, 5) is 24.7. The van der Waals surface area contributed by atoms with Crippen LogP contribution in [-0.2, 0) is 9.53 Å². The number of carbonyl (C=O) groups is 2. The second-order valence-corrected chi connectivity index (χ2v) is 5.44. The number of amides is 2. The van der Waals surface area contributed by atoms with Gasteiger partial charge in [-0.05, 0) is 32.1 Å². The first-order valence-electron chi connectivity index (χ1n) is 6.94. The first-order valence-corrected chi connectivity index (χ1v) is 6.94. The van der Waals surface area contributed by atoms with Gasteiger partial charge in [0, 0.05) is 25.7 Å². The van der Waals surface area contributed by atoms with Gasteiger partial charge in [0.1, 0.15) is 0 Å². The standard InChI is InChI=1S/C13H22N2O4/c1-9-11(12(16)17)4-5-15(9)13(18)14-7-10-3-2-6-19-8-10/h9-11H,2-8H2,1H3,(H,14,18)(H,16,17). The molecule has 0 spiro atoms. The Balaban J connectivity index is 1.78. The molecule has 6 nitrogen and oxygen atoms in total. The second kappa shape index (κ2) is 6.23. The number of carboxylic acid groups (broad SMARTS) is 1. The number of aliphatic carboxylic acids is 1. The Bertz CT molecular complexity index is 342. The molecule has 0 saturated carbocycles. The first-order chi connectivity index (χ1) is 9.09. The molecule has 0 aromatic heterocycles. The lowest BCUT2D eigenvalue weighted by Gasteiger charge is -2.26. The molecule has 0 aliphatic carbocycles. The Hall–Kier alpha value is -1.30. The predicted molar refractivity (Wildman–Crippen MR) is 68.9 cm³/mol. The van der Waals surface area contributed by atoms with Crippen molar-refractivity contribution in [1.82, 2.24) is 10.2 Å². The maximum Gasteiger partial charge on any atom is 0.317 e. The molecule has 0 aromatic carbocycles. The number of carbonyl (C=O) groups excluding carboxylic acids is 1. The van der Waals surface area contributed by atoms with Crippen molar-refractivity contribution >= 4 is 12.0 Å². The monoisotopic (exact) mass is 270 g/mol. The van der Waals surface area contributed by atoms with Gasteiger partial charge in [-0.15, -0.1) is 0 Å². The lowest BCUT2D eigenvalue weighted by molar-refractivity contribution is -0.142. The number of hydrogen-bond acceptors (Lipinski definition) is 3. The molecule has 2 heterocycles. The van der Waals surface area contributed by atoms with Crippen LogP contribution in [0.1, 0.15) is 26.2 Å². The molecule has 0 aromatic rings. The van der Waals surface area contributed by atoms with Crippen molar-refractivity contribution in [3.05, 3.63) is 0 Å². The number of urea groups is 1. The van der Waals surface area contributed by atoms with E-state index in [2.05, 4.69) is 5.32 Å². The van der Waals surface area contributed by atoms with Crippen LogP contribution in [0.25, 0.3) is 0 Å². The topological polar surface area (TPSA) is 78.9 Å². The molecule has 2 N–H and O–H groups in total. The van der Waals surface area contributed by atoms with Gasteiger partial charge in [-0.25, -0.2) is 4.79 Å². The van der Waals surface area contributed by atoms with Crippen molar-refractivity contribution in [1.29, 1.82) is 0 Å². The van der Waals surface area contributed by atoms with E-state index in [9.17, 15) is 9.59 Å². The Morgan fingerprint density at radius 1 is 1.42 bits per heavy atom. The summed E-state index contributed by atoms with van der Waals surface area (Å²) in [6.07, 6.45) is 2.66. The fourth-order valence-corrected chi connectivity index (χ4v) is 2.86. The molecule has 2 fully saturated rings. The number of rotatable bonds is 3. The molecule has 2 aliphatic heterocycles. The van der Waals surface area contributed by atoms with Crippen molar-refractivity contribution in [2.24, 2.45) is 11.8 Å². The summed E-state index contributed by atoms with van der Waals surface area (Å²) < 4.78 is 5.37. The molecule has 19 heavy (non-hydrogen) atoms. The molecule has 0 bridgehead atoms. The molecule has 2 rings (SSSR count).